The molecule has 3 heterocycles. The van der Waals surface area contributed by atoms with Crippen LogP contribution in [0.2, 0.25) is 0 Å². The first kappa shape index (κ1) is 20.4. The molecule has 1 amide bonds. The predicted molar refractivity (Wildman–Crippen MR) is 108 cm³/mol. The lowest BCUT2D eigenvalue weighted by Crippen LogP contribution is -2.46. The van der Waals surface area contributed by atoms with Gasteiger partial charge in [0.1, 0.15) is 0 Å². The number of fused-ring (bicyclic) bond motifs is 1. The van der Waals surface area contributed by atoms with Crippen LogP contribution < -0.4 is 0 Å². The van der Waals surface area contributed by atoms with E-state index in [-0.39, 0.29) is 18.4 Å². The minimum absolute atomic E-state index is 0.0105. The summed E-state index contributed by atoms with van der Waals surface area (Å²) >= 11 is 1.75. The Morgan fingerprint density at radius 1 is 1.03 bits per heavy atom. The van der Waals surface area contributed by atoms with E-state index in [1.165, 1.54) is 41.8 Å². The normalized spacial score (nSPS) is 20.5. The summed E-state index contributed by atoms with van der Waals surface area (Å²) in [5.41, 5.74) is 1.18. The van der Waals surface area contributed by atoms with E-state index < -0.39 is 11.7 Å². The van der Waals surface area contributed by atoms with Crippen molar-refractivity contribution < 1.29 is 18.0 Å². The second-order valence-corrected chi connectivity index (χ2v) is 8.89. The van der Waals surface area contributed by atoms with Crippen LogP contribution in [-0.2, 0) is 23.8 Å². The van der Waals surface area contributed by atoms with Crippen molar-refractivity contribution >= 4 is 17.2 Å². The summed E-state index contributed by atoms with van der Waals surface area (Å²) in [5.74, 6) is -0.0105. The number of nitrogens with zero attached hydrogens (tertiary/aromatic N) is 2. The molecule has 1 aromatic heterocycles. The van der Waals surface area contributed by atoms with Crippen LogP contribution >= 0.6 is 11.3 Å². The maximum absolute atomic E-state index is 13.1. The molecule has 29 heavy (non-hydrogen) atoms. The fraction of sp³-hybridized carbons (Fsp3) is 0.500. The number of benzene rings is 1. The number of carbonyl (C=O) groups is 1. The van der Waals surface area contributed by atoms with Gasteiger partial charge in [-0.05, 0) is 67.1 Å². The van der Waals surface area contributed by atoms with E-state index in [9.17, 15) is 18.0 Å². The van der Waals surface area contributed by atoms with Gasteiger partial charge in [-0.1, -0.05) is 18.6 Å². The number of alkyl halides is 3. The van der Waals surface area contributed by atoms with E-state index in [0.717, 1.165) is 38.2 Å². The van der Waals surface area contributed by atoms with E-state index in [2.05, 4.69) is 16.3 Å². The maximum atomic E-state index is 13.1. The van der Waals surface area contributed by atoms with Gasteiger partial charge < -0.3 is 9.80 Å². The van der Waals surface area contributed by atoms with Crippen LogP contribution in [0.4, 0.5) is 13.2 Å². The summed E-state index contributed by atoms with van der Waals surface area (Å²) in [4.78, 5) is 18.9. The average Bonchev–Trinajstić information content (AvgIpc) is 3.18. The Hall–Kier alpha value is -1.86. The van der Waals surface area contributed by atoms with Gasteiger partial charge in [-0.3, -0.25) is 4.79 Å². The van der Waals surface area contributed by atoms with Gasteiger partial charge in [0, 0.05) is 18.0 Å². The van der Waals surface area contributed by atoms with Crippen LogP contribution in [0.25, 0.3) is 0 Å². The first-order valence-corrected chi connectivity index (χ1v) is 11.0. The number of thiophene rings is 1. The Kier molecular flexibility index (Phi) is 5.97. The Labute approximate surface area is 173 Å². The molecule has 0 spiro atoms. The van der Waals surface area contributed by atoms with E-state index >= 15 is 0 Å². The van der Waals surface area contributed by atoms with Gasteiger partial charge in [0.15, 0.2) is 0 Å². The standard InChI is InChI=1S/C22H25F3N2OS/c23-22(24,25)17-6-4-16(5-7-17)14-21(28)27-12-8-20-18(9-13-29-20)19(27)15-26-10-2-1-3-11-26/h4-7,9,13,19H,1-3,8,10-12,14-15H2/t19-/m1/s1. The van der Waals surface area contributed by atoms with Crippen LogP contribution in [0.1, 0.15) is 46.9 Å². The number of halogens is 3. The molecule has 1 aromatic carbocycles. The summed E-state index contributed by atoms with van der Waals surface area (Å²) in [6.45, 7) is 3.64. The minimum atomic E-state index is -4.36. The van der Waals surface area contributed by atoms with Crippen molar-refractivity contribution in [1.82, 2.24) is 9.80 Å². The number of hydrogen-bond acceptors (Lipinski definition) is 3. The van der Waals surface area contributed by atoms with Gasteiger partial charge in [0.05, 0.1) is 18.0 Å². The molecule has 1 fully saturated rings. The van der Waals surface area contributed by atoms with E-state index in [4.69, 9.17) is 0 Å². The van der Waals surface area contributed by atoms with Gasteiger partial charge in [0.25, 0.3) is 0 Å². The average molecular weight is 423 g/mol. The number of rotatable bonds is 4. The molecule has 0 unspecified atom stereocenters. The van der Waals surface area contributed by atoms with Crippen LogP contribution in [0.3, 0.4) is 0 Å². The lowest BCUT2D eigenvalue weighted by atomic mass is 9.97. The quantitative estimate of drug-likeness (QED) is 0.698. The third-order valence-electron chi connectivity index (χ3n) is 5.93. The second-order valence-electron chi connectivity index (χ2n) is 7.88. The van der Waals surface area contributed by atoms with Crippen molar-refractivity contribution in [2.75, 3.05) is 26.2 Å². The third kappa shape index (κ3) is 4.67. The number of piperidine rings is 1. The van der Waals surface area contributed by atoms with Crippen LogP contribution in [-0.4, -0.2) is 41.9 Å². The lowest BCUT2D eigenvalue weighted by molar-refractivity contribution is -0.137. The molecule has 0 bridgehead atoms. The first-order valence-electron chi connectivity index (χ1n) is 10.2. The molecule has 0 N–H and O–H groups in total. The van der Waals surface area contributed by atoms with Gasteiger partial charge in [-0.2, -0.15) is 13.2 Å². The number of carbonyl (C=O) groups excluding carboxylic acids is 1. The zero-order valence-corrected chi connectivity index (χ0v) is 17.1. The van der Waals surface area contributed by atoms with Gasteiger partial charge in [-0.25, -0.2) is 0 Å². The van der Waals surface area contributed by atoms with Gasteiger partial charge in [-0.15, -0.1) is 11.3 Å². The van der Waals surface area contributed by atoms with E-state index in [0.29, 0.717) is 12.1 Å². The minimum Gasteiger partial charge on any atom is -0.334 e. The first-order chi connectivity index (χ1) is 13.9. The van der Waals surface area contributed by atoms with Crippen LogP contribution in [0.15, 0.2) is 35.7 Å². The maximum Gasteiger partial charge on any atom is 0.416 e. The molecule has 4 rings (SSSR count). The topological polar surface area (TPSA) is 23.6 Å². The summed E-state index contributed by atoms with van der Waals surface area (Å²) in [7, 11) is 0. The molecule has 156 valence electrons. The van der Waals surface area contributed by atoms with E-state index in [1.807, 2.05) is 4.90 Å². The summed E-state index contributed by atoms with van der Waals surface area (Å²) in [5, 5.41) is 2.09. The summed E-state index contributed by atoms with van der Waals surface area (Å²) in [6.07, 6.45) is 0.285. The molecule has 7 heteroatoms. The number of likely N-dealkylation sites (tertiary alicyclic amines) is 1. The number of hydrogen-bond donors (Lipinski definition) is 0. The van der Waals surface area contributed by atoms with Crippen molar-refractivity contribution in [2.45, 2.75) is 44.3 Å². The smallest absolute Gasteiger partial charge is 0.334 e. The molecule has 1 saturated heterocycles. The zero-order valence-electron chi connectivity index (χ0n) is 16.3. The second kappa shape index (κ2) is 8.48. The highest BCUT2D eigenvalue weighted by atomic mass is 32.1. The Bertz CT molecular complexity index is 840. The summed E-state index contributed by atoms with van der Waals surface area (Å²) < 4.78 is 38.3. The van der Waals surface area contributed by atoms with Gasteiger partial charge in [0.2, 0.25) is 5.91 Å². The predicted octanol–water partition coefficient (Wildman–Crippen LogP) is 4.92. The molecular formula is C22H25F3N2OS. The Balaban J connectivity index is 1.49. The molecule has 0 aliphatic carbocycles. The fourth-order valence-electron chi connectivity index (χ4n) is 4.37. The van der Waals surface area contributed by atoms with Crippen molar-refractivity contribution in [2.24, 2.45) is 0 Å². The molecule has 1 atom stereocenters. The highest BCUT2D eigenvalue weighted by Crippen LogP contribution is 2.35. The van der Waals surface area contributed by atoms with Crippen LogP contribution in [0.5, 0.6) is 0 Å². The fourth-order valence-corrected chi connectivity index (χ4v) is 5.29. The molecular weight excluding hydrogens is 397 g/mol. The monoisotopic (exact) mass is 422 g/mol. The molecule has 3 nitrogen and oxygen atoms in total. The van der Waals surface area contributed by atoms with Crippen molar-refractivity contribution in [1.29, 1.82) is 0 Å². The molecule has 0 saturated carbocycles. The highest BCUT2D eigenvalue weighted by Gasteiger charge is 2.33. The molecule has 2 aliphatic rings. The zero-order chi connectivity index (χ0) is 20.4. The van der Waals surface area contributed by atoms with Gasteiger partial charge >= 0.3 is 6.18 Å². The molecule has 2 aliphatic heterocycles. The summed E-state index contributed by atoms with van der Waals surface area (Å²) in [6, 6.07) is 7.11. The Morgan fingerprint density at radius 3 is 2.45 bits per heavy atom. The molecule has 2 aromatic rings. The van der Waals surface area contributed by atoms with Crippen molar-refractivity contribution in [3.63, 3.8) is 0 Å². The van der Waals surface area contributed by atoms with Crippen molar-refractivity contribution in [3.8, 4) is 0 Å². The highest BCUT2D eigenvalue weighted by molar-refractivity contribution is 7.10. The number of amides is 1. The largest absolute Gasteiger partial charge is 0.416 e. The lowest BCUT2D eigenvalue weighted by Gasteiger charge is -2.40. The van der Waals surface area contributed by atoms with Crippen molar-refractivity contribution in [3.05, 3.63) is 57.3 Å². The SMILES string of the molecule is O=C(Cc1ccc(C(F)(F)F)cc1)N1CCc2sccc2[C@H]1CN1CCCCC1. The Morgan fingerprint density at radius 2 is 1.76 bits per heavy atom. The molecule has 0 radical (unpaired) electrons. The van der Waals surface area contributed by atoms with Crippen LogP contribution in [0, 0.1) is 0 Å². The van der Waals surface area contributed by atoms with E-state index in [1.54, 1.807) is 11.3 Å². The third-order valence-corrected chi connectivity index (χ3v) is 6.93.